The van der Waals surface area contributed by atoms with Crippen molar-refractivity contribution in [3.8, 4) is 5.75 Å². The largest absolute Gasteiger partial charge is 0.494 e. The Balaban J connectivity index is 1.59. The first-order valence-electron chi connectivity index (χ1n) is 11.3. The van der Waals surface area contributed by atoms with E-state index in [9.17, 15) is 4.79 Å². The van der Waals surface area contributed by atoms with E-state index in [4.69, 9.17) is 26.1 Å². The fourth-order valence-electron chi connectivity index (χ4n) is 4.13. The lowest BCUT2D eigenvalue weighted by Crippen LogP contribution is -2.39. The molecule has 1 amide bonds. The first kappa shape index (κ1) is 24.0. The van der Waals surface area contributed by atoms with Crippen LogP contribution < -0.4 is 9.64 Å². The van der Waals surface area contributed by atoms with Crippen LogP contribution in [0.3, 0.4) is 0 Å². The topological polar surface area (TPSA) is 54.9 Å². The van der Waals surface area contributed by atoms with Crippen LogP contribution in [0.2, 0.25) is 5.02 Å². The highest BCUT2D eigenvalue weighted by molar-refractivity contribution is 7.23. The van der Waals surface area contributed by atoms with E-state index in [1.54, 1.807) is 7.11 Å². The van der Waals surface area contributed by atoms with E-state index >= 15 is 0 Å². The lowest BCUT2D eigenvalue weighted by molar-refractivity contribution is -0.118. The van der Waals surface area contributed by atoms with Gasteiger partial charge in [-0.25, -0.2) is 4.98 Å². The third-order valence-corrected chi connectivity index (χ3v) is 7.54. The number of aryl methyl sites for hydroxylation is 2. The van der Waals surface area contributed by atoms with Crippen molar-refractivity contribution in [1.82, 2.24) is 9.88 Å². The third kappa shape index (κ3) is 5.66. The summed E-state index contributed by atoms with van der Waals surface area (Å²) in [6.07, 6.45) is 1.20. The molecule has 1 aromatic heterocycles. The fourth-order valence-corrected chi connectivity index (χ4v) is 5.43. The van der Waals surface area contributed by atoms with Crippen LogP contribution in [0.5, 0.6) is 5.75 Å². The normalized spacial score (nSPS) is 14.5. The molecule has 0 N–H and O–H groups in total. The number of morpholine rings is 1. The maximum Gasteiger partial charge on any atom is 0.233 e. The van der Waals surface area contributed by atoms with Crippen LogP contribution in [0.15, 0.2) is 30.3 Å². The number of methoxy groups -OCH3 is 1. The van der Waals surface area contributed by atoms with Gasteiger partial charge in [0.25, 0.3) is 0 Å². The Labute approximate surface area is 204 Å². The number of fused-ring (bicyclic) bond motifs is 1. The first-order valence-corrected chi connectivity index (χ1v) is 12.5. The van der Waals surface area contributed by atoms with E-state index in [-0.39, 0.29) is 5.91 Å². The Bertz CT molecular complexity index is 1130. The quantitative estimate of drug-likeness (QED) is 0.453. The molecule has 0 spiro atoms. The number of carbonyl (C=O) groups is 1. The molecule has 6 nitrogen and oxygen atoms in total. The van der Waals surface area contributed by atoms with Crippen LogP contribution in [-0.4, -0.2) is 62.3 Å². The summed E-state index contributed by atoms with van der Waals surface area (Å²) in [6.45, 7) is 9.05. The van der Waals surface area contributed by atoms with Crippen molar-refractivity contribution in [2.75, 3.05) is 51.4 Å². The minimum atomic E-state index is 0.0399. The number of anilines is 1. The van der Waals surface area contributed by atoms with Crippen molar-refractivity contribution >= 4 is 44.2 Å². The van der Waals surface area contributed by atoms with E-state index in [0.29, 0.717) is 34.4 Å². The molecule has 0 unspecified atom stereocenters. The molecular formula is C25H30ClN3O3S. The number of aromatic nitrogens is 1. The van der Waals surface area contributed by atoms with Gasteiger partial charge in [0.1, 0.15) is 11.3 Å². The zero-order chi connectivity index (χ0) is 23.4. The highest BCUT2D eigenvalue weighted by Crippen LogP contribution is 2.39. The summed E-state index contributed by atoms with van der Waals surface area (Å²) in [5, 5.41) is 1.28. The van der Waals surface area contributed by atoms with E-state index < -0.39 is 0 Å². The molecular weight excluding hydrogens is 458 g/mol. The molecule has 1 fully saturated rings. The van der Waals surface area contributed by atoms with Crippen molar-refractivity contribution in [2.45, 2.75) is 26.7 Å². The summed E-state index contributed by atoms with van der Waals surface area (Å²) >= 11 is 7.89. The van der Waals surface area contributed by atoms with E-state index in [1.807, 2.05) is 23.1 Å². The Morgan fingerprint density at radius 3 is 2.76 bits per heavy atom. The van der Waals surface area contributed by atoms with Gasteiger partial charge < -0.3 is 9.47 Å². The molecule has 1 aliphatic heterocycles. The van der Waals surface area contributed by atoms with Crippen LogP contribution in [0, 0.1) is 13.8 Å². The van der Waals surface area contributed by atoms with Crippen molar-refractivity contribution in [3.05, 3.63) is 52.0 Å². The van der Waals surface area contributed by atoms with E-state index in [1.165, 1.54) is 16.9 Å². The van der Waals surface area contributed by atoms with E-state index in [2.05, 4.69) is 30.9 Å². The molecule has 0 radical (unpaired) electrons. The van der Waals surface area contributed by atoms with Crippen molar-refractivity contribution in [3.63, 3.8) is 0 Å². The number of thiazole rings is 1. The van der Waals surface area contributed by atoms with Gasteiger partial charge in [-0.15, -0.1) is 0 Å². The molecule has 0 atom stereocenters. The first-order chi connectivity index (χ1) is 16.0. The zero-order valence-corrected chi connectivity index (χ0v) is 21.0. The second-order valence-electron chi connectivity index (χ2n) is 8.38. The molecule has 3 aromatic rings. The van der Waals surface area contributed by atoms with Crippen molar-refractivity contribution in [1.29, 1.82) is 0 Å². The highest BCUT2D eigenvalue weighted by atomic mass is 35.5. The summed E-state index contributed by atoms with van der Waals surface area (Å²) in [4.78, 5) is 22.5. The molecule has 1 saturated heterocycles. The number of amides is 1. The van der Waals surface area contributed by atoms with Crippen molar-refractivity contribution < 1.29 is 14.3 Å². The van der Waals surface area contributed by atoms with Gasteiger partial charge in [0, 0.05) is 26.2 Å². The SMILES string of the molecule is COc1ccc(Cl)c2sc(N(CCCN3CCOCC3)C(=O)Cc3ccc(C)cc3C)nc12. The molecule has 2 heterocycles. The second kappa shape index (κ2) is 10.8. The summed E-state index contributed by atoms with van der Waals surface area (Å²) in [7, 11) is 1.62. The predicted molar refractivity (Wildman–Crippen MR) is 135 cm³/mol. The lowest BCUT2D eigenvalue weighted by atomic mass is 10.0. The average Bonchev–Trinajstić information content (AvgIpc) is 3.25. The highest BCUT2D eigenvalue weighted by Gasteiger charge is 2.23. The number of benzene rings is 2. The molecule has 33 heavy (non-hydrogen) atoms. The van der Waals surface area contributed by atoms with Crippen LogP contribution in [0.4, 0.5) is 5.13 Å². The molecule has 0 bridgehead atoms. The number of ether oxygens (including phenoxy) is 2. The molecule has 4 rings (SSSR count). The zero-order valence-electron chi connectivity index (χ0n) is 19.4. The third-order valence-electron chi connectivity index (χ3n) is 6.00. The maximum absolute atomic E-state index is 13.5. The molecule has 2 aromatic carbocycles. The Morgan fingerprint density at radius 2 is 2.03 bits per heavy atom. The smallest absolute Gasteiger partial charge is 0.233 e. The van der Waals surface area contributed by atoms with Gasteiger partial charge in [-0.1, -0.05) is 46.7 Å². The monoisotopic (exact) mass is 487 g/mol. The molecule has 8 heteroatoms. The fraction of sp³-hybridized carbons (Fsp3) is 0.440. The Hall–Kier alpha value is -2.19. The average molecular weight is 488 g/mol. The second-order valence-corrected chi connectivity index (χ2v) is 9.77. The summed E-state index contributed by atoms with van der Waals surface area (Å²) in [5.74, 6) is 0.699. The van der Waals surface area contributed by atoms with Crippen LogP contribution >= 0.6 is 22.9 Å². The predicted octanol–water partition coefficient (Wildman–Crippen LogP) is 4.87. The van der Waals surface area contributed by atoms with Gasteiger partial charge in [-0.05, 0) is 43.5 Å². The number of halogens is 1. The summed E-state index contributed by atoms with van der Waals surface area (Å²) in [6, 6.07) is 9.85. The van der Waals surface area contributed by atoms with Gasteiger partial charge >= 0.3 is 0 Å². The number of hydrogen-bond acceptors (Lipinski definition) is 6. The number of rotatable bonds is 8. The maximum atomic E-state index is 13.5. The van der Waals surface area contributed by atoms with Crippen molar-refractivity contribution in [2.24, 2.45) is 0 Å². The van der Waals surface area contributed by atoms with Gasteiger partial charge in [0.05, 0.1) is 36.5 Å². The number of hydrogen-bond donors (Lipinski definition) is 0. The minimum Gasteiger partial charge on any atom is -0.494 e. The molecule has 176 valence electrons. The van der Waals surface area contributed by atoms with Gasteiger partial charge in [-0.2, -0.15) is 0 Å². The molecule has 0 saturated carbocycles. The number of carbonyl (C=O) groups excluding carboxylic acids is 1. The Kier molecular flexibility index (Phi) is 7.86. The standard InChI is InChI=1S/C25H30ClN3O3S/c1-17-5-6-19(18(2)15-17)16-22(30)29(10-4-9-28-11-13-32-14-12-28)25-27-23-21(31-3)8-7-20(26)24(23)33-25/h5-8,15H,4,9-14,16H2,1-3H3. The van der Waals surface area contributed by atoms with Crippen LogP contribution in [0.1, 0.15) is 23.1 Å². The number of nitrogens with zero attached hydrogens (tertiary/aromatic N) is 3. The minimum absolute atomic E-state index is 0.0399. The Morgan fingerprint density at radius 1 is 1.24 bits per heavy atom. The van der Waals surface area contributed by atoms with Gasteiger partial charge in [-0.3, -0.25) is 14.6 Å². The van der Waals surface area contributed by atoms with Crippen LogP contribution in [0.25, 0.3) is 10.2 Å². The molecule has 0 aliphatic carbocycles. The molecule has 1 aliphatic rings. The lowest BCUT2D eigenvalue weighted by Gasteiger charge is -2.27. The van der Waals surface area contributed by atoms with E-state index in [0.717, 1.165) is 55.1 Å². The summed E-state index contributed by atoms with van der Waals surface area (Å²) < 4.78 is 11.8. The van der Waals surface area contributed by atoms with Crippen LogP contribution in [-0.2, 0) is 16.0 Å². The summed E-state index contributed by atoms with van der Waals surface area (Å²) in [5.41, 5.74) is 4.06. The van der Waals surface area contributed by atoms with Gasteiger partial charge in [0.15, 0.2) is 5.13 Å². The van der Waals surface area contributed by atoms with Gasteiger partial charge in [0.2, 0.25) is 5.91 Å².